The number of methoxy groups -OCH3 is 1. The second kappa shape index (κ2) is 9.89. The molecule has 2 unspecified atom stereocenters. The van der Waals surface area contributed by atoms with E-state index in [9.17, 15) is 30.0 Å². The number of ketones is 2. The van der Waals surface area contributed by atoms with Gasteiger partial charge in [0.2, 0.25) is 11.6 Å². The zero-order valence-corrected chi connectivity index (χ0v) is 13.7. The summed E-state index contributed by atoms with van der Waals surface area (Å²) >= 11 is 0. The molecule has 7 heteroatoms. The summed E-state index contributed by atoms with van der Waals surface area (Å²) in [5, 5.41) is 40.5. The van der Waals surface area contributed by atoms with Crippen LogP contribution in [0.5, 0.6) is 0 Å². The molecule has 0 aromatic carbocycles. The Labute approximate surface area is 139 Å². The van der Waals surface area contributed by atoms with Gasteiger partial charge >= 0.3 is 0 Å². The zero-order chi connectivity index (χ0) is 19.9. The largest absolute Gasteiger partial charge is 0.387 e. The minimum Gasteiger partial charge on any atom is -0.387 e. The first-order valence-corrected chi connectivity index (χ1v) is 7.39. The Balaban J connectivity index is 5.69. The normalized spacial score (nSPS) is 23.3. The topological polar surface area (TPSA) is 124 Å². The van der Waals surface area contributed by atoms with Crippen molar-refractivity contribution in [2.24, 2.45) is 0 Å². The third-order valence-corrected chi connectivity index (χ3v) is 3.56. The molecule has 0 saturated carbocycles. The van der Waals surface area contributed by atoms with Gasteiger partial charge in [0.05, 0.1) is 5.60 Å². The second-order valence-electron chi connectivity index (χ2n) is 5.09. The summed E-state index contributed by atoms with van der Waals surface area (Å²) in [5.41, 5.74) is -1.87. The number of Topliss-reactive ketones (excluding diaryl/α,β-unsaturated/α-hetero) is 1. The van der Waals surface area contributed by atoms with Gasteiger partial charge in [-0.1, -0.05) is 33.3 Å². The van der Waals surface area contributed by atoms with E-state index in [1.165, 1.54) is 7.11 Å². The van der Waals surface area contributed by atoms with Crippen molar-refractivity contribution in [2.45, 2.75) is 69.5 Å². The third-order valence-electron chi connectivity index (χ3n) is 3.56. The number of aliphatic hydroxyl groups excluding tert-OH is 4. The van der Waals surface area contributed by atoms with E-state index in [1.807, 2.05) is 0 Å². The van der Waals surface area contributed by atoms with Crippen LogP contribution in [0.25, 0.3) is 0 Å². The van der Waals surface area contributed by atoms with Gasteiger partial charge in [-0.25, -0.2) is 0 Å². The number of hydrogen-bond acceptors (Lipinski definition) is 7. The first-order valence-electron chi connectivity index (χ1n) is 8.54. The molecule has 0 aromatic rings. The molecular formula is C16H28O7. The average Bonchev–Trinajstić information content (AvgIpc) is 2.64. The van der Waals surface area contributed by atoms with E-state index >= 15 is 0 Å². The van der Waals surface area contributed by atoms with Gasteiger partial charge < -0.3 is 25.2 Å². The Morgan fingerprint density at radius 1 is 1.17 bits per heavy atom. The predicted molar refractivity (Wildman–Crippen MR) is 83.8 cm³/mol. The van der Waals surface area contributed by atoms with Crippen molar-refractivity contribution >= 4 is 11.6 Å². The molecule has 134 valence electrons. The second-order valence-corrected chi connectivity index (χ2v) is 5.09. The van der Waals surface area contributed by atoms with Crippen LogP contribution in [-0.4, -0.2) is 69.1 Å². The summed E-state index contributed by atoms with van der Waals surface area (Å²) in [4.78, 5) is 22.9. The number of carbonyl (C=O) groups is 2. The van der Waals surface area contributed by atoms with Crippen LogP contribution in [0, 0.1) is 0 Å². The molecule has 7 nitrogen and oxygen atoms in total. The predicted octanol–water partition coefficient (Wildman–Crippen LogP) is -0.260. The summed E-state index contributed by atoms with van der Waals surface area (Å²) in [6, 6.07) is 0. The quantitative estimate of drug-likeness (QED) is 0.286. The van der Waals surface area contributed by atoms with Crippen molar-refractivity contribution in [1.82, 2.24) is 0 Å². The van der Waals surface area contributed by atoms with Crippen molar-refractivity contribution in [3.63, 3.8) is 0 Å². The molecule has 0 aliphatic carbocycles. The van der Waals surface area contributed by atoms with Crippen molar-refractivity contribution in [2.75, 3.05) is 7.11 Å². The molecule has 0 bridgehead atoms. The summed E-state index contributed by atoms with van der Waals surface area (Å²) in [6.45, 7) is 6.34. The van der Waals surface area contributed by atoms with Crippen molar-refractivity contribution < 1.29 is 37.5 Å². The highest BCUT2D eigenvalue weighted by atomic mass is 16.5. The lowest BCUT2D eigenvalue weighted by molar-refractivity contribution is -0.187. The number of carbonyl (C=O) groups excluding carboxylic acids is 2. The van der Waals surface area contributed by atoms with E-state index in [-0.39, 0.29) is 12.8 Å². The lowest BCUT2D eigenvalue weighted by Crippen LogP contribution is -2.57. The Hall–Kier alpha value is -1.12. The van der Waals surface area contributed by atoms with Crippen LogP contribution in [-0.2, 0) is 14.3 Å². The van der Waals surface area contributed by atoms with Crippen molar-refractivity contribution in [1.29, 1.82) is 0 Å². The van der Waals surface area contributed by atoms with Gasteiger partial charge in [0.1, 0.15) is 24.4 Å². The van der Waals surface area contributed by atoms with Gasteiger partial charge in [-0.2, -0.15) is 0 Å². The van der Waals surface area contributed by atoms with Gasteiger partial charge in [-0.05, 0) is 18.9 Å². The maximum atomic E-state index is 11.6. The highest BCUT2D eigenvalue weighted by Crippen LogP contribution is 2.30. The van der Waals surface area contributed by atoms with Crippen LogP contribution in [0.3, 0.4) is 0 Å². The first kappa shape index (κ1) is 18.2. The number of hydrogen-bond donors (Lipinski definition) is 4. The highest BCUT2D eigenvalue weighted by Gasteiger charge is 2.45. The minimum absolute atomic E-state index is 0.180. The fraction of sp³-hybridized carbons (Fsp3) is 0.750. The maximum absolute atomic E-state index is 11.6. The smallest absolute Gasteiger partial charge is 0.233 e. The molecule has 0 aliphatic rings. The van der Waals surface area contributed by atoms with Crippen LogP contribution in [0.15, 0.2) is 12.7 Å². The summed E-state index contributed by atoms with van der Waals surface area (Å²) < 4.78 is 21.5. The molecule has 0 radical (unpaired) electrons. The van der Waals surface area contributed by atoms with Crippen LogP contribution in [0.1, 0.15) is 42.2 Å². The lowest BCUT2D eigenvalue weighted by Gasteiger charge is -2.40. The Kier molecular flexibility index (Phi) is 7.84. The van der Waals surface area contributed by atoms with E-state index in [4.69, 9.17) is 7.48 Å². The molecule has 0 heterocycles. The third kappa shape index (κ3) is 5.19. The molecule has 6 atom stereocenters. The molecule has 4 N–H and O–H groups in total. The van der Waals surface area contributed by atoms with E-state index in [2.05, 4.69) is 6.58 Å². The fourth-order valence-electron chi connectivity index (χ4n) is 2.29. The number of allylic oxidation sites excluding steroid dienone is 1. The summed E-state index contributed by atoms with van der Waals surface area (Å²) in [6.07, 6.45) is -9.84. The molecule has 23 heavy (non-hydrogen) atoms. The van der Waals surface area contributed by atoms with Gasteiger partial charge in [-0.15, -0.1) is 0 Å². The number of aliphatic hydroxyl groups is 4. The van der Waals surface area contributed by atoms with Gasteiger partial charge in [0.15, 0.2) is 0 Å². The van der Waals surface area contributed by atoms with Gasteiger partial charge in [0.25, 0.3) is 0 Å². The number of rotatable bonds is 12. The molecule has 0 aromatic heterocycles. The SMILES string of the molecule is [2H]C(CC)C(OC)(C([2H])CC)[C@@H](O)[C@H](O)[C@H](O)[C@@H](O)C(=O)C(=O)C=C. The maximum Gasteiger partial charge on any atom is 0.233 e. The average molecular weight is 334 g/mol. The highest BCUT2D eigenvalue weighted by molar-refractivity contribution is 6.43. The van der Waals surface area contributed by atoms with Crippen LogP contribution < -0.4 is 0 Å². The summed E-state index contributed by atoms with van der Waals surface area (Å²) in [7, 11) is 1.17. The van der Waals surface area contributed by atoms with Gasteiger partial charge in [0, 0.05) is 9.85 Å². The van der Waals surface area contributed by atoms with Crippen LogP contribution in [0.4, 0.5) is 0 Å². The van der Waals surface area contributed by atoms with Crippen LogP contribution >= 0.6 is 0 Å². The van der Waals surface area contributed by atoms with E-state index in [1.54, 1.807) is 13.8 Å². The monoisotopic (exact) mass is 334 g/mol. The number of ether oxygens (including phenoxy) is 1. The van der Waals surface area contributed by atoms with E-state index < -0.39 is 54.4 Å². The standard InChI is InChI=1S/C16H28O7/c1-5-8-16(23-4,9-6-2)15(22)14(21)13(20)12(19)11(18)10(17)7-3/h7,12-15,19-22H,3,5-6,8-9H2,1-2,4H3/t12-,13+,14+,15-/m0/s1/i8D,9D/t8?,9?,12-,13+,14+,15-,16?. The Bertz CT molecular complexity index is 461. The molecule has 0 rings (SSSR count). The molecule has 0 fully saturated rings. The molecule has 0 amide bonds. The van der Waals surface area contributed by atoms with Crippen molar-refractivity contribution in [3.8, 4) is 0 Å². The van der Waals surface area contributed by atoms with E-state index in [0.29, 0.717) is 6.08 Å². The van der Waals surface area contributed by atoms with Gasteiger partial charge in [-0.3, -0.25) is 9.59 Å². The molecular weight excluding hydrogens is 304 g/mol. The molecule has 0 saturated heterocycles. The minimum atomic E-state index is -2.29. The Morgan fingerprint density at radius 2 is 1.65 bits per heavy atom. The van der Waals surface area contributed by atoms with Crippen molar-refractivity contribution in [3.05, 3.63) is 12.7 Å². The fourth-order valence-corrected chi connectivity index (χ4v) is 2.29. The summed E-state index contributed by atoms with van der Waals surface area (Å²) in [5.74, 6) is -2.56. The van der Waals surface area contributed by atoms with Crippen LogP contribution in [0.2, 0.25) is 0 Å². The molecule has 0 spiro atoms. The Morgan fingerprint density at radius 3 is 2.00 bits per heavy atom. The zero-order valence-electron chi connectivity index (χ0n) is 15.7. The molecule has 0 aliphatic heterocycles. The lowest BCUT2D eigenvalue weighted by atomic mass is 9.81. The van der Waals surface area contributed by atoms with E-state index in [0.717, 1.165) is 0 Å². The first-order chi connectivity index (χ1) is 11.6.